The number of rotatable bonds is 3. The Balaban J connectivity index is 1.66. The van der Waals surface area contributed by atoms with Gasteiger partial charge in [-0.05, 0) is 55.7 Å². The van der Waals surface area contributed by atoms with Crippen LogP contribution in [0.2, 0.25) is 0 Å². The van der Waals surface area contributed by atoms with E-state index in [0.29, 0.717) is 0 Å². The van der Waals surface area contributed by atoms with Gasteiger partial charge in [0.2, 0.25) is 0 Å². The number of hydrogen-bond donors (Lipinski definition) is 0. The largest absolute Gasteiger partial charge is 0.497 e. The van der Waals surface area contributed by atoms with Gasteiger partial charge in [-0.1, -0.05) is 11.3 Å². The van der Waals surface area contributed by atoms with Crippen LogP contribution in [0.15, 0.2) is 36.4 Å². The minimum absolute atomic E-state index is 0.851. The van der Waals surface area contributed by atoms with Crippen molar-refractivity contribution >= 4 is 26.8 Å². The lowest BCUT2D eigenvalue weighted by Gasteiger charge is -2.25. The molecule has 1 aromatic carbocycles. The normalized spacial score (nSPS) is 15.1. The lowest BCUT2D eigenvalue weighted by atomic mass is 10.1. The summed E-state index contributed by atoms with van der Waals surface area (Å²) >= 11 is 1.75. The van der Waals surface area contributed by atoms with Gasteiger partial charge in [0.1, 0.15) is 5.75 Å². The third-order valence-corrected chi connectivity index (χ3v) is 5.33. The zero-order chi connectivity index (χ0) is 15.6. The van der Waals surface area contributed by atoms with Crippen molar-refractivity contribution in [2.24, 2.45) is 0 Å². The minimum atomic E-state index is 0.851. The van der Waals surface area contributed by atoms with Crippen molar-refractivity contribution in [3.05, 3.63) is 36.4 Å². The average molecular weight is 325 g/mol. The first kappa shape index (κ1) is 14.5. The number of benzene rings is 1. The summed E-state index contributed by atoms with van der Waals surface area (Å²) in [5.74, 6) is 0.857. The van der Waals surface area contributed by atoms with E-state index < -0.39 is 0 Å². The summed E-state index contributed by atoms with van der Waals surface area (Å²) in [5, 5.41) is 1.11. The summed E-state index contributed by atoms with van der Waals surface area (Å²) in [6, 6.07) is 12.2. The highest BCUT2D eigenvalue weighted by atomic mass is 32.1. The first-order valence-electron chi connectivity index (χ1n) is 8.00. The molecular weight excluding hydrogens is 306 g/mol. The number of pyridine rings is 1. The van der Waals surface area contributed by atoms with Crippen LogP contribution in [0.5, 0.6) is 5.75 Å². The van der Waals surface area contributed by atoms with Gasteiger partial charge >= 0.3 is 0 Å². The van der Waals surface area contributed by atoms with Gasteiger partial charge in [-0.3, -0.25) is 0 Å². The third-order valence-electron chi connectivity index (χ3n) is 4.25. The Morgan fingerprint density at radius 3 is 2.48 bits per heavy atom. The van der Waals surface area contributed by atoms with Crippen molar-refractivity contribution in [2.45, 2.75) is 19.3 Å². The van der Waals surface area contributed by atoms with E-state index in [9.17, 15) is 0 Å². The summed E-state index contributed by atoms with van der Waals surface area (Å²) in [7, 11) is 1.68. The topological polar surface area (TPSA) is 38.2 Å². The van der Waals surface area contributed by atoms with Crippen LogP contribution < -0.4 is 9.64 Å². The number of aromatic nitrogens is 2. The lowest BCUT2D eigenvalue weighted by Crippen LogP contribution is -2.29. The maximum atomic E-state index is 5.21. The standard InChI is InChI=1S/C18H19N3OS/c1-22-14-7-5-13(6-8-14)15-9-10-16-17(19-15)20-18(23-16)21-11-3-2-4-12-21/h5-10H,2-4,11-12H2,1H3. The molecule has 3 aromatic rings. The Kier molecular flexibility index (Phi) is 3.87. The molecule has 23 heavy (non-hydrogen) atoms. The van der Waals surface area contributed by atoms with Gasteiger partial charge < -0.3 is 9.64 Å². The van der Waals surface area contributed by atoms with Gasteiger partial charge in [-0.15, -0.1) is 0 Å². The fraction of sp³-hybridized carbons (Fsp3) is 0.333. The predicted octanol–water partition coefficient (Wildman–Crippen LogP) is 4.36. The van der Waals surface area contributed by atoms with Crippen molar-refractivity contribution < 1.29 is 4.74 Å². The molecule has 0 unspecified atom stereocenters. The molecule has 0 bridgehead atoms. The summed E-state index contributed by atoms with van der Waals surface area (Å²) < 4.78 is 6.36. The molecule has 0 spiro atoms. The second-order valence-electron chi connectivity index (χ2n) is 5.79. The van der Waals surface area contributed by atoms with Gasteiger partial charge in [0, 0.05) is 18.7 Å². The van der Waals surface area contributed by atoms with Crippen molar-refractivity contribution in [3.8, 4) is 17.0 Å². The lowest BCUT2D eigenvalue weighted by molar-refractivity contribution is 0.415. The Morgan fingerprint density at radius 1 is 0.957 bits per heavy atom. The van der Waals surface area contributed by atoms with Gasteiger partial charge in [0.05, 0.1) is 17.5 Å². The second kappa shape index (κ2) is 6.16. The highest BCUT2D eigenvalue weighted by molar-refractivity contribution is 7.22. The first-order valence-corrected chi connectivity index (χ1v) is 8.82. The monoisotopic (exact) mass is 325 g/mol. The van der Waals surface area contributed by atoms with Crippen molar-refractivity contribution in [3.63, 3.8) is 0 Å². The van der Waals surface area contributed by atoms with E-state index in [0.717, 1.165) is 45.6 Å². The number of piperidine rings is 1. The van der Waals surface area contributed by atoms with Crippen LogP contribution in [-0.4, -0.2) is 30.2 Å². The fourth-order valence-corrected chi connectivity index (χ4v) is 3.91. The maximum Gasteiger partial charge on any atom is 0.188 e. The quantitative estimate of drug-likeness (QED) is 0.717. The molecular formula is C18H19N3OS. The molecule has 1 aliphatic rings. The van der Waals surface area contributed by atoms with Crippen LogP contribution in [0.25, 0.3) is 21.6 Å². The Bertz CT molecular complexity index is 807. The SMILES string of the molecule is COc1ccc(-c2ccc3sc(N4CCCCC4)nc3n2)cc1. The number of thiazole rings is 1. The van der Waals surface area contributed by atoms with E-state index >= 15 is 0 Å². The van der Waals surface area contributed by atoms with E-state index in [1.807, 2.05) is 24.3 Å². The summed E-state index contributed by atoms with van der Waals surface area (Å²) in [6.07, 6.45) is 3.86. The minimum Gasteiger partial charge on any atom is -0.497 e. The molecule has 0 N–H and O–H groups in total. The molecule has 118 valence electrons. The van der Waals surface area contributed by atoms with Gasteiger partial charge in [-0.2, -0.15) is 4.98 Å². The fourth-order valence-electron chi connectivity index (χ4n) is 2.95. The van der Waals surface area contributed by atoms with Crippen LogP contribution in [0.3, 0.4) is 0 Å². The molecule has 0 atom stereocenters. The Morgan fingerprint density at radius 2 is 1.74 bits per heavy atom. The molecule has 1 saturated heterocycles. The molecule has 4 rings (SSSR count). The van der Waals surface area contributed by atoms with Gasteiger partial charge in [0.25, 0.3) is 0 Å². The molecule has 1 fully saturated rings. The van der Waals surface area contributed by atoms with E-state index in [2.05, 4.69) is 17.0 Å². The molecule has 2 aromatic heterocycles. The predicted molar refractivity (Wildman–Crippen MR) is 95.5 cm³/mol. The molecule has 4 nitrogen and oxygen atoms in total. The van der Waals surface area contributed by atoms with Gasteiger partial charge in [-0.25, -0.2) is 4.98 Å². The number of ether oxygens (including phenoxy) is 1. The molecule has 0 aliphatic carbocycles. The molecule has 0 amide bonds. The molecule has 0 saturated carbocycles. The summed E-state index contributed by atoms with van der Waals surface area (Å²) in [5.41, 5.74) is 2.89. The number of nitrogens with zero attached hydrogens (tertiary/aromatic N) is 3. The van der Waals surface area contributed by atoms with Crippen molar-refractivity contribution in [2.75, 3.05) is 25.1 Å². The van der Waals surface area contributed by atoms with E-state index in [1.54, 1.807) is 18.4 Å². The van der Waals surface area contributed by atoms with Crippen LogP contribution in [0, 0.1) is 0 Å². The Hall–Kier alpha value is -2.14. The van der Waals surface area contributed by atoms with E-state index in [1.165, 1.54) is 19.3 Å². The van der Waals surface area contributed by atoms with E-state index in [4.69, 9.17) is 14.7 Å². The zero-order valence-corrected chi connectivity index (χ0v) is 14.0. The molecule has 5 heteroatoms. The average Bonchev–Trinajstić information content (AvgIpc) is 3.06. The third kappa shape index (κ3) is 2.88. The van der Waals surface area contributed by atoms with Crippen molar-refractivity contribution in [1.29, 1.82) is 0 Å². The molecule has 1 aliphatic heterocycles. The second-order valence-corrected chi connectivity index (χ2v) is 6.80. The van der Waals surface area contributed by atoms with Crippen LogP contribution >= 0.6 is 11.3 Å². The summed E-state index contributed by atoms with van der Waals surface area (Å²) in [6.45, 7) is 2.23. The molecule has 3 heterocycles. The Labute approximate surface area is 139 Å². The number of fused-ring (bicyclic) bond motifs is 1. The smallest absolute Gasteiger partial charge is 0.188 e. The highest BCUT2D eigenvalue weighted by Gasteiger charge is 2.16. The first-order chi connectivity index (χ1) is 11.3. The van der Waals surface area contributed by atoms with Crippen LogP contribution in [0.4, 0.5) is 5.13 Å². The summed E-state index contributed by atoms with van der Waals surface area (Å²) in [4.78, 5) is 11.9. The van der Waals surface area contributed by atoms with Crippen molar-refractivity contribution in [1.82, 2.24) is 9.97 Å². The highest BCUT2D eigenvalue weighted by Crippen LogP contribution is 2.31. The van der Waals surface area contributed by atoms with Crippen LogP contribution in [0.1, 0.15) is 19.3 Å². The zero-order valence-electron chi connectivity index (χ0n) is 13.2. The van der Waals surface area contributed by atoms with Gasteiger partial charge in [0.15, 0.2) is 10.8 Å². The maximum absolute atomic E-state index is 5.21. The van der Waals surface area contributed by atoms with Crippen LogP contribution in [-0.2, 0) is 0 Å². The number of hydrogen-bond acceptors (Lipinski definition) is 5. The number of anilines is 1. The number of methoxy groups -OCH3 is 1. The van der Waals surface area contributed by atoms with E-state index in [-0.39, 0.29) is 0 Å². The molecule has 0 radical (unpaired) electrons.